The summed E-state index contributed by atoms with van der Waals surface area (Å²) in [5, 5.41) is 8.74. The average Bonchev–Trinajstić information content (AvgIpc) is 3.07. The first-order valence-electron chi connectivity index (χ1n) is 8.11. The van der Waals surface area contributed by atoms with Crippen LogP contribution in [0.2, 0.25) is 5.02 Å². The molecule has 0 amide bonds. The van der Waals surface area contributed by atoms with Gasteiger partial charge in [-0.05, 0) is 38.1 Å². The van der Waals surface area contributed by atoms with Crippen molar-refractivity contribution in [3.8, 4) is 11.5 Å². The van der Waals surface area contributed by atoms with E-state index in [1.165, 1.54) is 6.07 Å². The van der Waals surface area contributed by atoms with Crippen molar-refractivity contribution in [2.75, 3.05) is 7.05 Å². The Labute approximate surface area is 151 Å². The van der Waals surface area contributed by atoms with Crippen molar-refractivity contribution in [1.29, 1.82) is 0 Å². The van der Waals surface area contributed by atoms with Crippen LogP contribution in [0, 0.1) is 12.7 Å². The molecule has 1 aromatic heterocycles. The topological polar surface area (TPSA) is 43.4 Å². The quantitative estimate of drug-likeness (QED) is 0.755. The van der Waals surface area contributed by atoms with Gasteiger partial charge in [-0.1, -0.05) is 35.4 Å². The number of rotatable bonds is 5. The maximum Gasteiger partial charge on any atom is 0.274 e. The Morgan fingerprint density at radius 3 is 2.68 bits per heavy atom. The van der Waals surface area contributed by atoms with E-state index < -0.39 is 0 Å². The van der Waals surface area contributed by atoms with E-state index in [2.05, 4.69) is 10.2 Å². The lowest BCUT2D eigenvalue weighted by Gasteiger charge is -2.19. The number of hydrogen-bond donors (Lipinski definition) is 1. The van der Waals surface area contributed by atoms with E-state index in [9.17, 15) is 4.39 Å². The Kier molecular flexibility index (Phi) is 5.16. The zero-order valence-corrected chi connectivity index (χ0v) is 15.1. The van der Waals surface area contributed by atoms with Crippen LogP contribution in [0.5, 0.6) is 0 Å². The molecule has 0 fully saturated rings. The fourth-order valence-corrected chi connectivity index (χ4v) is 2.88. The molecular weight excluding hydrogens is 341 g/mol. The smallest absolute Gasteiger partial charge is 0.274 e. The molecule has 130 valence electrons. The van der Waals surface area contributed by atoms with Crippen molar-refractivity contribution in [3.05, 3.63) is 70.3 Å². The molecule has 0 radical (unpaired) electrons. The summed E-state index contributed by atoms with van der Waals surface area (Å²) < 4.78 is 19.8. The van der Waals surface area contributed by atoms with Crippen molar-refractivity contribution < 1.29 is 13.7 Å². The summed E-state index contributed by atoms with van der Waals surface area (Å²) >= 11 is 6.12. The molecule has 25 heavy (non-hydrogen) atoms. The lowest BCUT2D eigenvalue weighted by Crippen LogP contribution is -3.07. The van der Waals surface area contributed by atoms with Crippen molar-refractivity contribution >= 4 is 11.6 Å². The Bertz CT molecular complexity index is 860. The Hall–Kier alpha value is -2.24. The maximum absolute atomic E-state index is 14.0. The molecule has 0 saturated carbocycles. The third-order valence-electron chi connectivity index (χ3n) is 4.33. The van der Waals surface area contributed by atoms with Gasteiger partial charge in [0.1, 0.15) is 12.4 Å². The lowest BCUT2D eigenvalue weighted by atomic mass is 10.1. The van der Waals surface area contributed by atoms with Gasteiger partial charge in [0.05, 0.1) is 17.6 Å². The second-order valence-electron chi connectivity index (χ2n) is 6.26. The molecule has 0 saturated heterocycles. The van der Waals surface area contributed by atoms with Crippen LogP contribution in [-0.2, 0) is 6.54 Å². The highest BCUT2D eigenvalue weighted by Gasteiger charge is 2.24. The second kappa shape index (κ2) is 7.33. The number of aryl methyl sites for hydroxylation is 1. The Balaban J connectivity index is 1.78. The summed E-state index contributed by atoms with van der Waals surface area (Å²) in [7, 11) is 1.95. The molecule has 3 rings (SSSR count). The Morgan fingerprint density at radius 1 is 1.20 bits per heavy atom. The van der Waals surface area contributed by atoms with Gasteiger partial charge in [0.25, 0.3) is 5.89 Å². The van der Waals surface area contributed by atoms with Crippen LogP contribution >= 0.6 is 11.6 Å². The number of nitrogens with one attached hydrogen (secondary N) is 1. The molecule has 0 aliphatic rings. The Morgan fingerprint density at radius 2 is 1.96 bits per heavy atom. The number of aromatic nitrogens is 2. The zero-order valence-electron chi connectivity index (χ0n) is 14.4. The van der Waals surface area contributed by atoms with Gasteiger partial charge in [-0.25, -0.2) is 4.39 Å². The van der Waals surface area contributed by atoms with E-state index in [0.29, 0.717) is 28.9 Å². The first kappa shape index (κ1) is 17.6. The highest BCUT2D eigenvalue weighted by Crippen LogP contribution is 2.21. The molecule has 1 unspecified atom stereocenters. The highest BCUT2D eigenvalue weighted by molar-refractivity contribution is 6.31. The fourth-order valence-electron chi connectivity index (χ4n) is 2.65. The minimum Gasteiger partial charge on any atom is -0.415 e. The number of halogens is 2. The van der Waals surface area contributed by atoms with Gasteiger partial charge < -0.3 is 9.32 Å². The SMILES string of the molecule is Cc1cccc(-c2nnc([C@@H](C)[NH+](C)Cc3c(F)cccc3Cl)o2)c1. The molecule has 0 spiro atoms. The standard InChI is InChI=1S/C19H19ClFN3O/c1-12-6-4-7-14(10-12)19-23-22-18(25-19)13(2)24(3)11-15-16(20)8-5-9-17(15)21/h4-10,13H,11H2,1-3H3/p+1/t13-/m1/s1. The van der Waals surface area contributed by atoms with Gasteiger partial charge in [0.2, 0.25) is 5.89 Å². The molecule has 1 N–H and O–H groups in total. The van der Waals surface area contributed by atoms with Crippen LogP contribution in [0.15, 0.2) is 46.9 Å². The minimum atomic E-state index is -0.301. The van der Waals surface area contributed by atoms with Crippen LogP contribution in [0.4, 0.5) is 4.39 Å². The van der Waals surface area contributed by atoms with Gasteiger partial charge in [-0.15, -0.1) is 10.2 Å². The second-order valence-corrected chi connectivity index (χ2v) is 6.67. The molecule has 1 heterocycles. The van der Waals surface area contributed by atoms with Crippen molar-refractivity contribution in [2.24, 2.45) is 0 Å². The predicted molar refractivity (Wildman–Crippen MR) is 94.9 cm³/mol. The van der Waals surface area contributed by atoms with Crippen LogP contribution in [0.3, 0.4) is 0 Å². The molecule has 3 aromatic rings. The summed E-state index contributed by atoms with van der Waals surface area (Å²) in [6.45, 7) is 4.41. The first-order chi connectivity index (χ1) is 12.0. The molecule has 2 atom stereocenters. The molecule has 4 nitrogen and oxygen atoms in total. The van der Waals surface area contributed by atoms with Crippen LogP contribution < -0.4 is 4.90 Å². The van der Waals surface area contributed by atoms with E-state index >= 15 is 0 Å². The van der Waals surface area contributed by atoms with Crippen molar-refractivity contribution in [2.45, 2.75) is 26.4 Å². The zero-order chi connectivity index (χ0) is 18.0. The molecule has 6 heteroatoms. The average molecular weight is 361 g/mol. The van der Waals surface area contributed by atoms with E-state index in [1.807, 2.05) is 45.2 Å². The number of nitrogens with zero attached hydrogens (tertiary/aromatic N) is 2. The normalized spacial score (nSPS) is 13.6. The molecule has 0 bridgehead atoms. The molecular formula is C19H20ClFN3O+. The van der Waals surface area contributed by atoms with Gasteiger partial charge in [-0.3, -0.25) is 0 Å². The van der Waals surface area contributed by atoms with E-state index in [0.717, 1.165) is 16.0 Å². The molecule has 0 aliphatic heterocycles. The largest absolute Gasteiger partial charge is 0.415 e. The number of quaternary nitrogens is 1. The number of hydrogen-bond acceptors (Lipinski definition) is 3. The summed E-state index contributed by atoms with van der Waals surface area (Å²) in [6, 6.07) is 12.5. The summed E-state index contributed by atoms with van der Waals surface area (Å²) in [5.41, 5.74) is 2.51. The predicted octanol–water partition coefficient (Wildman–Crippen LogP) is 3.61. The van der Waals surface area contributed by atoms with E-state index in [4.69, 9.17) is 16.0 Å². The lowest BCUT2D eigenvalue weighted by molar-refractivity contribution is -0.925. The van der Waals surface area contributed by atoms with E-state index in [-0.39, 0.29) is 11.9 Å². The number of benzene rings is 2. The third-order valence-corrected chi connectivity index (χ3v) is 4.69. The highest BCUT2D eigenvalue weighted by atomic mass is 35.5. The van der Waals surface area contributed by atoms with Crippen LogP contribution in [-0.4, -0.2) is 17.2 Å². The summed E-state index contributed by atoms with van der Waals surface area (Å²) in [4.78, 5) is 1.01. The van der Waals surface area contributed by atoms with Crippen LogP contribution in [0.25, 0.3) is 11.5 Å². The van der Waals surface area contributed by atoms with Crippen molar-refractivity contribution in [1.82, 2.24) is 10.2 Å². The summed E-state index contributed by atoms with van der Waals surface area (Å²) in [5.74, 6) is 0.703. The fraction of sp³-hybridized carbons (Fsp3) is 0.263. The molecule has 2 aromatic carbocycles. The van der Waals surface area contributed by atoms with Gasteiger partial charge in [-0.2, -0.15) is 0 Å². The minimum absolute atomic E-state index is 0.0956. The monoisotopic (exact) mass is 360 g/mol. The van der Waals surface area contributed by atoms with Crippen LogP contribution in [0.1, 0.15) is 30.0 Å². The molecule has 0 aliphatic carbocycles. The van der Waals surface area contributed by atoms with Crippen molar-refractivity contribution in [3.63, 3.8) is 0 Å². The van der Waals surface area contributed by atoms with Gasteiger partial charge in [0, 0.05) is 5.56 Å². The summed E-state index contributed by atoms with van der Waals surface area (Å²) in [6.07, 6.45) is 0. The third kappa shape index (κ3) is 3.89. The van der Waals surface area contributed by atoms with E-state index in [1.54, 1.807) is 12.1 Å². The maximum atomic E-state index is 14.0. The first-order valence-corrected chi connectivity index (χ1v) is 8.49. The van der Waals surface area contributed by atoms with Gasteiger partial charge in [0.15, 0.2) is 6.04 Å². The van der Waals surface area contributed by atoms with Gasteiger partial charge >= 0.3 is 0 Å².